The number of halogens is 1. The van der Waals surface area contributed by atoms with Crippen LogP contribution in [0.25, 0.3) is 0 Å². The smallest absolute Gasteiger partial charge is 0.408 e. The number of hydrogen-bond donors (Lipinski definition) is 3. The van der Waals surface area contributed by atoms with Crippen LogP contribution >= 0.6 is 11.6 Å². The Morgan fingerprint density at radius 2 is 2.00 bits per heavy atom. The van der Waals surface area contributed by atoms with E-state index in [2.05, 4.69) is 5.32 Å². The van der Waals surface area contributed by atoms with Crippen LogP contribution in [0.5, 0.6) is 5.75 Å². The van der Waals surface area contributed by atoms with Crippen LogP contribution in [0, 0.1) is 0 Å². The van der Waals surface area contributed by atoms with Gasteiger partial charge < -0.3 is 20.3 Å². The molecule has 0 saturated carbocycles. The SMILES string of the molecule is CC(C)(C)OC(=O)N[C@@H](Cc1cc(Cl)ccc1O)C(=O)O. The van der Waals surface area contributed by atoms with Gasteiger partial charge in [-0.3, -0.25) is 0 Å². The van der Waals surface area contributed by atoms with Crippen molar-refractivity contribution in [3.8, 4) is 5.75 Å². The Hall–Kier alpha value is -1.95. The van der Waals surface area contributed by atoms with Gasteiger partial charge in [0, 0.05) is 11.4 Å². The van der Waals surface area contributed by atoms with Gasteiger partial charge in [0.05, 0.1) is 0 Å². The third-order valence-corrected chi connectivity index (χ3v) is 2.69. The van der Waals surface area contributed by atoms with Crippen molar-refractivity contribution in [2.24, 2.45) is 0 Å². The van der Waals surface area contributed by atoms with Gasteiger partial charge in [-0.25, -0.2) is 9.59 Å². The van der Waals surface area contributed by atoms with E-state index in [0.717, 1.165) is 0 Å². The first-order chi connectivity index (χ1) is 9.58. The summed E-state index contributed by atoms with van der Waals surface area (Å²) < 4.78 is 5.01. The zero-order valence-corrected chi connectivity index (χ0v) is 12.8. The average Bonchev–Trinajstić information content (AvgIpc) is 2.30. The Morgan fingerprint density at radius 1 is 1.38 bits per heavy atom. The maximum Gasteiger partial charge on any atom is 0.408 e. The van der Waals surface area contributed by atoms with Crippen molar-refractivity contribution in [3.63, 3.8) is 0 Å². The number of phenols is 1. The summed E-state index contributed by atoms with van der Waals surface area (Å²) in [6, 6.07) is 3.06. The first-order valence-electron chi connectivity index (χ1n) is 6.28. The van der Waals surface area contributed by atoms with E-state index in [4.69, 9.17) is 21.4 Å². The number of hydrogen-bond acceptors (Lipinski definition) is 4. The lowest BCUT2D eigenvalue weighted by Gasteiger charge is -2.22. The average molecular weight is 316 g/mol. The van der Waals surface area contributed by atoms with Crippen molar-refractivity contribution in [3.05, 3.63) is 28.8 Å². The maximum atomic E-state index is 11.6. The van der Waals surface area contributed by atoms with E-state index >= 15 is 0 Å². The molecule has 1 atom stereocenters. The fraction of sp³-hybridized carbons (Fsp3) is 0.429. The first-order valence-corrected chi connectivity index (χ1v) is 6.66. The van der Waals surface area contributed by atoms with Gasteiger partial charge in [-0.2, -0.15) is 0 Å². The van der Waals surface area contributed by atoms with Gasteiger partial charge in [-0.15, -0.1) is 0 Å². The van der Waals surface area contributed by atoms with Crippen LogP contribution in [0.1, 0.15) is 26.3 Å². The third-order valence-electron chi connectivity index (χ3n) is 2.45. The van der Waals surface area contributed by atoms with Crippen molar-refractivity contribution >= 4 is 23.7 Å². The molecule has 0 unspecified atom stereocenters. The number of benzene rings is 1. The van der Waals surface area contributed by atoms with Gasteiger partial charge in [0.1, 0.15) is 17.4 Å². The van der Waals surface area contributed by atoms with E-state index in [1.165, 1.54) is 18.2 Å². The maximum absolute atomic E-state index is 11.6. The van der Waals surface area contributed by atoms with Crippen LogP contribution < -0.4 is 5.32 Å². The molecule has 0 radical (unpaired) electrons. The molecule has 7 heteroatoms. The van der Waals surface area contributed by atoms with E-state index in [1.54, 1.807) is 20.8 Å². The van der Waals surface area contributed by atoms with Crippen molar-refractivity contribution in [1.82, 2.24) is 5.32 Å². The molecule has 1 amide bonds. The quantitative estimate of drug-likeness (QED) is 0.793. The van der Waals surface area contributed by atoms with Crippen LogP contribution in [-0.4, -0.2) is 33.9 Å². The van der Waals surface area contributed by atoms with Crippen molar-refractivity contribution in [1.29, 1.82) is 0 Å². The number of carboxylic acids is 1. The van der Waals surface area contributed by atoms with E-state index in [0.29, 0.717) is 10.6 Å². The van der Waals surface area contributed by atoms with Gasteiger partial charge >= 0.3 is 12.1 Å². The number of amides is 1. The van der Waals surface area contributed by atoms with E-state index in [9.17, 15) is 14.7 Å². The van der Waals surface area contributed by atoms with Crippen LogP contribution in [0.4, 0.5) is 4.79 Å². The lowest BCUT2D eigenvalue weighted by Crippen LogP contribution is -2.44. The molecule has 0 aliphatic carbocycles. The Kier molecular flexibility index (Phi) is 5.43. The fourth-order valence-electron chi connectivity index (χ4n) is 1.59. The molecule has 6 nitrogen and oxygen atoms in total. The predicted octanol–water partition coefficient (Wildman–Crippen LogP) is 2.57. The summed E-state index contributed by atoms with van der Waals surface area (Å²) in [5.74, 6) is -1.32. The van der Waals surface area contributed by atoms with Crippen LogP contribution in [0.3, 0.4) is 0 Å². The minimum atomic E-state index is -1.24. The Labute approximate surface area is 127 Å². The molecule has 116 valence electrons. The molecule has 0 bridgehead atoms. The second-order valence-electron chi connectivity index (χ2n) is 5.51. The summed E-state index contributed by atoms with van der Waals surface area (Å²) in [6.45, 7) is 5.02. The number of carbonyl (C=O) groups is 2. The van der Waals surface area contributed by atoms with Gasteiger partial charge in [0.25, 0.3) is 0 Å². The highest BCUT2D eigenvalue weighted by molar-refractivity contribution is 6.30. The largest absolute Gasteiger partial charge is 0.508 e. The molecule has 0 spiro atoms. The number of aromatic hydroxyl groups is 1. The minimum Gasteiger partial charge on any atom is -0.508 e. The molecule has 21 heavy (non-hydrogen) atoms. The van der Waals surface area contributed by atoms with Crippen molar-refractivity contribution in [2.45, 2.75) is 38.8 Å². The van der Waals surface area contributed by atoms with Gasteiger partial charge in [-0.05, 0) is 44.5 Å². The molecular weight excluding hydrogens is 298 g/mol. The van der Waals surface area contributed by atoms with Crippen LogP contribution in [0.2, 0.25) is 5.02 Å². The van der Waals surface area contributed by atoms with Gasteiger partial charge in [0.2, 0.25) is 0 Å². The molecular formula is C14H18ClNO5. The highest BCUT2D eigenvalue weighted by Gasteiger charge is 2.25. The Bertz CT molecular complexity index is 539. The van der Waals surface area contributed by atoms with E-state index in [-0.39, 0.29) is 12.2 Å². The third kappa shape index (κ3) is 5.91. The number of ether oxygens (including phenoxy) is 1. The van der Waals surface area contributed by atoms with E-state index < -0.39 is 23.7 Å². The van der Waals surface area contributed by atoms with E-state index in [1.807, 2.05) is 0 Å². The lowest BCUT2D eigenvalue weighted by atomic mass is 10.1. The first kappa shape index (κ1) is 17.1. The molecule has 0 heterocycles. The highest BCUT2D eigenvalue weighted by Crippen LogP contribution is 2.23. The number of carboxylic acid groups (broad SMARTS) is 1. The number of aliphatic carboxylic acids is 1. The number of carbonyl (C=O) groups excluding carboxylic acids is 1. The molecule has 0 aliphatic heterocycles. The molecule has 0 fully saturated rings. The van der Waals surface area contributed by atoms with Crippen LogP contribution in [0.15, 0.2) is 18.2 Å². The molecule has 0 saturated heterocycles. The van der Waals surface area contributed by atoms with Crippen molar-refractivity contribution in [2.75, 3.05) is 0 Å². The summed E-state index contributed by atoms with van der Waals surface area (Å²) in [7, 11) is 0. The minimum absolute atomic E-state index is 0.0864. The monoisotopic (exact) mass is 315 g/mol. The number of nitrogens with one attached hydrogen (secondary N) is 1. The summed E-state index contributed by atoms with van der Waals surface area (Å²) in [6.07, 6.45) is -0.947. The molecule has 1 rings (SSSR count). The topological polar surface area (TPSA) is 95.9 Å². The summed E-state index contributed by atoms with van der Waals surface area (Å²) >= 11 is 5.80. The Balaban J connectivity index is 2.81. The lowest BCUT2D eigenvalue weighted by molar-refractivity contribution is -0.139. The molecule has 0 aromatic heterocycles. The van der Waals surface area contributed by atoms with Gasteiger partial charge in [0.15, 0.2) is 0 Å². The second kappa shape index (κ2) is 6.67. The predicted molar refractivity (Wildman–Crippen MR) is 77.6 cm³/mol. The highest BCUT2D eigenvalue weighted by atomic mass is 35.5. The molecule has 3 N–H and O–H groups in total. The summed E-state index contributed by atoms with van der Waals surface area (Å²) in [4.78, 5) is 22.8. The zero-order valence-electron chi connectivity index (χ0n) is 12.0. The second-order valence-corrected chi connectivity index (χ2v) is 5.95. The van der Waals surface area contributed by atoms with Gasteiger partial charge in [-0.1, -0.05) is 11.6 Å². The number of rotatable bonds is 4. The molecule has 0 aliphatic rings. The fourth-order valence-corrected chi connectivity index (χ4v) is 1.78. The van der Waals surface area contributed by atoms with Crippen molar-refractivity contribution < 1.29 is 24.5 Å². The normalized spacial score (nSPS) is 12.6. The molecule has 1 aromatic carbocycles. The zero-order chi connectivity index (χ0) is 16.2. The standard InChI is InChI=1S/C14H18ClNO5/c1-14(2,3)21-13(20)16-10(12(18)19)7-8-6-9(15)4-5-11(8)17/h4-6,10,17H,7H2,1-3H3,(H,16,20)(H,18,19)/t10-/m0/s1. The number of phenolic OH excluding ortho intramolecular Hbond substituents is 1. The summed E-state index contributed by atoms with van der Waals surface area (Å²) in [5, 5.41) is 21.5. The number of alkyl carbamates (subject to hydrolysis) is 1. The Morgan fingerprint density at radius 3 is 2.52 bits per heavy atom. The summed E-state index contributed by atoms with van der Waals surface area (Å²) in [5.41, 5.74) is -0.406. The molecule has 1 aromatic rings. The van der Waals surface area contributed by atoms with Crippen LogP contribution in [-0.2, 0) is 16.0 Å².